The summed E-state index contributed by atoms with van der Waals surface area (Å²) < 4.78 is 12.2. The predicted molar refractivity (Wildman–Crippen MR) is 92.2 cm³/mol. The van der Waals surface area contributed by atoms with Crippen molar-refractivity contribution in [3.05, 3.63) is 23.7 Å². The van der Waals surface area contributed by atoms with Gasteiger partial charge in [-0.1, -0.05) is 45.9 Å². The minimum absolute atomic E-state index is 0.110. The Kier molecular flexibility index (Phi) is 5.55. The topological polar surface area (TPSA) is 18.5 Å². The zero-order valence-electron chi connectivity index (χ0n) is 15.4. The van der Waals surface area contributed by atoms with Crippen LogP contribution in [0, 0.1) is 11.3 Å². The molecule has 0 aromatic carbocycles. The highest BCUT2D eigenvalue weighted by Gasteiger charge is 2.51. The first-order chi connectivity index (χ1) is 9.36. The molecular formula is C18H33BO2. The minimum atomic E-state index is -0.269. The minimum Gasteiger partial charge on any atom is -0.400 e. The quantitative estimate of drug-likeness (QED) is 0.512. The zero-order valence-corrected chi connectivity index (χ0v) is 15.4. The van der Waals surface area contributed by atoms with Gasteiger partial charge in [0, 0.05) is 0 Å². The van der Waals surface area contributed by atoms with Gasteiger partial charge >= 0.3 is 7.12 Å². The van der Waals surface area contributed by atoms with E-state index in [2.05, 4.69) is 80.5 Å². The van der Waals surface area contributed by atoms with Crippen LogP contribution in [0.15, 0.2) is 23.7 Å². The van der Waals surface area contributed by atoms with Crippen molar-refractivity contribution in [2.45, 2.75) is 79.9 Å². The molecule has 3 heteroatoms. The Morgan fingerprint density at radius 3 is 2.00 bits per heavy atom. The summed E-state index contributed by atoms with van der Waals surface area (Å²) >= 11 is 0. The van der Waals surface area contributed by atoms with Crippen LogP contribution in [-0.2, 0) is 9.31 Å². The fourth-order valence-electron chi connectivity index (χ4n) is 2.42. The molecule has 0 aromatic rings. The van der Waals surface area contributed by atoms with Crippen molar-refractivity contribution in [2.24, 2.45) is 11.3 Å². The van der Waals surface area contributed by atoms with E-state index >= 15 is 0 Å². The first kappa shape index (κ1) is 18.5. The van der Waals surface area contributed by atoms with Crippen LogP contribution in [-0.4, -0.2) is 18.3 Å². The lowest BCUT2D eigenvalue weighted by Gasteiger charge is -2.32. The summed E-state index contributed by atoms with van der Waals surface area (Å²) in [5.74, 6) is 0.606. The van der Waals surface area contributed by atoms with Gasteiger partial charge in [-0.25, -0.2) is 0 Å². The largest absolute Gasteiger partial charge is 0.489 e. The van der Waals surface area contributed by atoms with E-state index in [-0.39, 0.29) is 23.7 Å². The molecule has 1 aliphatic heterocycles. The van der Waals surface area contributed by atoms with Crippen LogP contribution in [0.2, 0.25) is 0 Å². The van der Waals surface area contributed by atoms with Gasteiger partial charge in [0.1, 0.15) is 0 Å². The first-order valence-corrected chi connectivity index (χ1v) is 8.08. The second-order valence-electron chi connectivity index (χ2n) is 8.34. The Hall–Kier alpha value is -0.535. The molecule has 1 aliphatic rings. The van der Waals surface area contributed by atoms with Gasteiger partial charge < -0.3 is 9.31 Å². The van der Waals surface area contributed by atoms with E-state index in [4.69, 9.17) is 9.31 Å². The molecule has 0 unspecified atom stereocenters. The van der Waals surface area contributed by atoms with Gasteiger partial charge in [-0.3, -0.25) is 0 Å². The second-order valence-corrected chi connectivity index (χ2v) is 8.34. The maximum absolute atomic E-state index is 6.11. The van der Waals surface area contributed by atoms with Crippen molar-refractivity contribution in [3.8, 4) is 0 Å². The molecule has 0 aromatic heterocycles. The van der Waals surface area contributed by atoms with Crippen molar-refractivity contribution >= 4 is 7.12 Å². The second kappa shape index (κ2) is 6.30. The van der Waals surface area contributed by atoms with E-state index < -0.39 is 0 Å². The van der Waals surface area contributed by atoms with Crippen molar-refractivity contribution in [1.82, 2.24) is 0 Å². The molecular weight excluding hydrogens is 259 g/mol. The Morgan fingerprint density at radius 1 is 1.10 bits per heavy atom. The van der Waals surface area contributed by atoms with Crippen LogP contribution in [0.3, 0.4) is 0 Å². The third kappa shape index (κ3) is 5.00. The monoisotopic (exact) mass is 292 g/mol. The summed E-state index contributed by atoms with van der Waals surface area (Å²) in [6.45, 7) is 19.4. The van der Waals surface area contributed by atoms with Crippen molar-refractivity contribution < 1.29 is 9.31 Å². The van der Waals surface area contributed by atoms with Crippen LogP contribution in [0.4, 0.5) is 0 Å². The Bertz CT molecular complexity index is 401. The lowest BCUT2D eigenvalue weighted by atomic mass is 9.74. The highest BCUT2D eigenvalue weighted by Crippen LogP contribution is 2.39. The summed E-state index contributed by atoms with van der Waals surface area (Å²) in [5, 5.41) is 0. The van der Waals surface area contributed by atoms with Gasteiger partial charge in [-0.2, -0.15) is 0 Å². The van der Waals surface area contributed by atoms with Crippen LogP contribution in [0.25, 0.3) is 0 Å². The number of rotatable bonds is 5. The molecule has 120 valence electrons. The third-order valence-corrected chi connectivity index (χ3v) is 4.41. The standard InChI is InChI=1S/C18H33BO2/c1-14(2)11-10-12-16(4,5)13-15(3)19-20-17(6,7)18(8,9)21-19/h10-11,13-14H,12H2,1-9H3. The molecule has 0 aliphatic carbocycles. The fourth-order valence-corrected chi connectivity index (χ4v) is 2.42. The van der Waals surface area contributed by atoms with Crippen LogP contribution < -0.4 is 0 Å². The summed E-state index contributed by atoms with van der Waals surface area (Å²) in [5.41, 5.74) is 0.735. The van der Waals surface area contributed by atoms with Crippen LogP contribution in [0.5, 0.6) is 0 Å². The van der Waals surface area contributed by atoms with Crippen molar-refractivity contribution in [2.75, 3.05) is 0 Å². The maximum Gasteiger partial charge on any atom is 0.489 e. The van der Waals surface area contributed by atoms with Gasteiger partial charge in [0.25, 0.3) is 0 Å². The Labute approximate surface area is 132 Å². The maximum atomic E-state index is 6.11. The number of allylic oxidation sites excluding steroid dienone is 4. The normalized spacial score (nSPS) is 22.6. The molecule has 0 bridgehead atoms. The summed E-state index contributed by atoms with van der Waals surface area (Å²) in [6.07, 6.45) is 7.86. The summed E-state index contributed by atoms with van der Waals surface area (Å²) in [6, 6.07) is 0. The van der Waals surface area contributed by atoms with Crippen LogP contribution >= 0.6 is 0 Å². The first-order valence-electron chi connectivity index (χ1n) is 8.08. The molecule has 0 atom stereocenters. The molecule has 2 nitrogen and oxygen atoms in total. The van der Waals surface area contributed by atoms with Crippen LogP contribution in [0.1, 0.15) is 68.7 Å². The third-order valence-electron chi connectivity index (χ3n) is 4.41. The van der Waals surface area contributed by atoms with Gasteiger partial charge in [-0.05, 0) is 57.8 Å². The van der Waals surface area contributed by atoms with E-state index in [9.17, 15) is 0 Å². The zero-order chi connectivity index (χ0) is 16.5. The molecule has 0 N–H and O–H groups in total. The molecule has 1 saturated heterocycles. The molecule has 0 amide bonds. The molecule has 0 saturated carbocycles. The average molecular weight is 292 g/mol. The number of hydrogen-bond acceptors (Lipinski definition) is 2. The molecule has 1 fully saturated rings. The van der Waals surface area contributed by atoms with E-state index in [0.29, 0.717) is 5.92 Å². The SMILES string of the molecule is CC(=CC(C)(C)CC=CC(C)C)B1OC(C)(C)C(C)(C)O1. The van der Waals surface area contributed by atoms with Gasteiger partial charge in [0.2, 0.25) is 0 Å². The fraction of sp³-hybridized carbons (Fsp3) is 0.778. The molecule has 1 rings (SSSR count). The van der Waals surface area contributed by atoms with E-state index in [1.807, 2.05) is 0 Å². The van der Waals surface area contributed by atoms with E-state index in [0.717, 1.165) is 11.9 Å². The highest BCUT2D eigenvalue weighted by molar-refractivity contribution is 6.54. The molecule has 0 spiro atoms. The lowest BCUT2D eigenvalue weighted by Crippen LogP contribution is -2.41. The van der Waals surface area contributed by atoms with Gasteiger partial charge in [-0.15, -0.1) is 0 Å². The summed E-state index contributed by atoms with van der Waals surface area (Å²) in [4.78, 5) is 0. The molecule has 1 heterocycles. The molecule has 21 heavy (non-hydrogen) atoms. The Morgan fingerprint density at radius 2 is 1.57 bits per heavy atom. The van der Waals surface area contributed by atoms with Gasteiger partial charge in [0.05, 0.1) is 11.2 Å². The molecule has 0 radical (unpaired) electrons. The highest BCUT2D eigenvalue weighted by atomic mass is 16.7. The lowest BCUT2D eigenvalue weighted by molar-refractivity contribution is 0.00578. The Balaban J connectivity index is 2.77. The number of hydrogen-bond donors (Lipinski definition) is 0. The predicted octanol–water partition coefficient (Wildman–Crippen LogP) is 5.19. The van der Waals surface area contributed by atoms with Crippen molar-refractivity contribution in [3.63, 3.8) is 0 Å². The van der Waals surface area contributed by atoms with E-state index in [1.165, 1.54) is 0 Å². The van der Waals surface area contributed by atoms with E-state index in [1.54, 1.807) is 0 Å². The summed E-state index contributed by atoms with van der Waals surface area (Å²) in [7, 11) is -0.233. The van der Waals surface area contributed by atoms with Crippen molar-refractivity contribution in [1.29, 1.82) is 0 Å². The smallest absolute Gasteiger partial charge is 0.400 e. The van der Waals surface area contributed by atoms with Gasteiger partial charge in [0.15, 0.2) is 0 Å². The average Bonchev–Trinajstić information content (AvgIpc) is 2.46.